The molecule has 16 heavy (non-hydrogen) atoms. The summed E-state index contributed by atoms with van der Waals surface area (Å²) in [6.07, 6.45) is 0. The van der Waals surface area contributed by atoms with Crippen molar-refractivity contribution in [2.45, 2.75) is 19.9 Å². The molecule has 0 aromatic carbocycles. The van der Waals surface area contributed by atoms with Gasteiger partial charge in [-0.1, -0.05) is 12.2 Å². The minimum atomic E-state index is -1.27. The van der Waals surface area contributed by atoms with Crippen molar-refractivity contribution in [2.75, 3.05) is 19.7 Å². The number of hydrogen-bond donors (Lipinski definition) is 3. The Kier molecular flexibility index (Phi) is 6.17. The highest BCUT2D eigenvalue weighted by Crippen LogP contribution is 1.97. The third kappa shape index (κ3) is 4.79. The molecule has 0 aromatic rings. The maximum atomic E-state index is 11.6. The fourth-order valence-corrected chi connectivity index (χ4v) is 1.08. The molecule has 0 aromatic heterocycles. The average Bonchev–Trinajstić information content (AvgIpc) is 2.21. The maximum absolute atomic E-state index is 11.6. The molecule has 92 valence electrons. The van der Waals surface area contributed by atoms with E-state index < -0.39 is 24.6 Å². The number of urea groups is 1. The van der Waals surface area contributed by atoms with E-state index in [0.717, 1.165) is 5.57 Å². The SMILES string of the molecule is C=C(C)CN(CC)C(=O)NC(CO)C(=O)O. The van der Waals surface area contributed by atoms with E-state index in [4.69, 9.17) is 10.2 Å². The van der Waals surface area contributed by atoms with E-state index in [1.54, 1.807) is 13.8 Å². The lowest BCUT2D eigenvalue weighted by Gasteiger charge is -2.23. The number of nitrogens with zero attached hydrogens (tertiary/aromatic N) is 1. The number of carboxylic acids is 1. The molecule has 0 aliphatic carbocycles. The van der Waals surface area contributed by atoms with Gasteiger partial charge in [0, 0.05) is 13.1 Å². The summed E-state index contributed by atoms with van der Waals surface area (Å²) in [6, 6.07) is -1.79. The highest BCUT2D eigenvalue weighted by Gasteiger charge is 2.21. The van der Waals surface area contributed by atoms with E-state index in [1.807, 2.05) is 0 Å². The van der Waals surface area contributed by atoms with Crippen LogP contribution in [-0.4, -0.2) is 52.9 Å². The Morgan fingerprint density at radius 1 is 1.50 bits per heavy atom. The molecule has 0 aliphatic rings. The zero-order valence-electron chi connectivity index (χ0n) is 9.56. The fraction of sp³-hybridized carbons (Fsp3) is 0.600. The van der Waals surface area contributed by atoms with Gasteiger partial charge in [0.25, 0.3) is 0 Å². The van der Waals surface area contributed by atoms with Crippen molar-refractivity contribution >= 4 is 12.0 Å². The number of carboxylic acid groups (broad SMARTS) is 1. The minimum absolute atomic E-state index is 0.361. The summed E-state index contributed by atoms with van der Waals surface area (Å²) in [6.45, 7) is 7.39. The van der Waals surface area contributed by atoms with Crippen LogP contribution in [0, 0.1) is 0 Å². The van der Waals surface area contributed by atoms with E-state index >= 15 is 0 Å². The first kappa shape index (κ1) is 14.4. The van der Waals surface area contributed by atoms with E-state index in [0.29, 0.717) is 13.1 Å². The molecule has 0 aliphatic heterocycles. The summed E-state index contributed by atoms with van der Waals surface area (Å²) in [5, 5.41) is 19.6. The van der Waals surface area contributed by atoms with Gasteiger partial charge in [-0.15, -0.1) is 0 Å². The lowest BCUT2D eigenvalue weighted by Crippen LogP contribution is -2.49. The van der Waals surface area contributed by atoms with Crippen LogP contribution in [0.25, 0.3) is 0 Å². The molecule has 3 N–H and O–H groups in total. The molecule has 0 bridgehead atoms. The van der Waals surface area contributed by atoms with Gasteiger partial charge in [0.05, 0.1) is 6.61 Å². The van der Waals surface area contributed by atoms with Crippen molar-refractivity contribution in [2.24, 2.45) is 0 Å². The third-order valence-electron chi connectivity index (χ3n) is 1.91. The van der Waals surface area contributed by atoms with Crippen LogP contribution in [0.5, 0.6) is 0 Å². The van der Waals surface area contributed by atoms with Crippen molar-refractivity contribution in [3.05, 3.63) is 12.2 Å². The van der Waals surface area contributed by atoms with Crippen LogP contribution in [0.4, 0.5) is 4.79 Å². The number of carbonyl (C=O) groups is 2. The lowest BCUT2D eigenvalue weighted by atomic mass is 10.3. The molecule has 0 heterocycles. The molecule has 0 spiro atoms. The van der Waals surface area contributed by atoms with E-state index in [2.05, 4.69) is 11.9 Å². The quantitative estimate of drug-likeness (QED) is 0.562. The molecule has 1 atom stereocenters. The lowest BCUT2D eigenvalue weighted by molar-refractivity contribution is -0.140. The summed E-state index contributed by atoms with van der Waals surface area (Å²) in [4.78, 5) is 23.6. The van der Waals surface area contributed by atoms with Crippen molar-refractivity contribution in [1.29, 1.82) is 0 Å². The molecule has 0 saturated carbocycles. The van der Waals surface area contributed by atoms with Crippen LogP contribution in [0.3, 0.4) is 0 Å². The van der Waals surface area contributed by atoms with Crippen LogP contribution in [-0.2, 0) is 4.79 Å². The predicted molar refractivity (Wildman–Crippen MR) is 59.1 cm³/mol. The second-order valence-corrected chi connectivity index (χ2v) is 3.49. The fourth-order valence-electron chi connectivity index (χ4n) is 1.08. The summed E-state index contributed by atoms with van der Waals surface area (Å²) < 4.78 is 0. The van der Waals surface area contributed by atoms with E-state index in [-0.39, 0.29) is 0 Å². The first-order chi connectivity index (χ1) is 7.42. The van der Waals surface area contributed by atoms with Gasteiger partial charge in [-0.25, -0.2) is 9.59 Å². The molecule has 6 nitrogen and oxygen atoms in total. The monoisotopic (exact) mass is 230 g/mol. The number of nitrogens with one attached hydrogen (secondary N) is 1. The molecule has 0 fully saturated rings. The topological polar surface area (TPSA) is 89.9 Å². The molecular weight excluding hydrogens is 212 g/mol. The highest BCUT2D eigenvalue weighted by molar-refractivity contribution is 5.82. The van der Waals surface area contributed by atoms with Crippen molar-refractivity contribution < 1.29 is 19.8 Å². The Hall–Kier alpha value is -1.56. The highest BCUT2D eigenvalue weighted by atomic mass is 16.4. The van der Waals surface area contributed by atoms with Crippen LogP contribution >= 0.6 is 0 Å². The molecule has 0 radical (unpaired) electrons. The first-order valence-electron chi connectivity index (χ1n) is 4.95. The molecule has 1 unspecified atom stereocenters. The van der Waals surface area contributed by atoms with Crippen molar-refractivity contribution in [1.82, 2.24) is 10.2 Å². The largest absolute Gasteiger partial charge is 0.480 e. The summed E-state index contributed by atoms with van der Waals surface area (Å²) in [5.74, 6) is -1.26. The number of rotatable bonds is 6. The van der Waals surface area contributed by atoms with Gasteiger partial charge in [0.2, 0.25) is 0 Å². The summed E-state index contributed by atoms with van der Waals surface area (Å²) in [7, 11) is 0. The number of likely N-dealkylation sites (N-methyl/N-ethyl adjacent to an activating group) is 1. The molecule has 0 rings (SSSR count). The standard InChI is InChI=1S/C10H18N2O4/c1-4-12(5-7(2)3)10(16)11-8(6-13)9(14)15/h8,13H,2,4-6H2,1,3H3,(H,11,16)(H,14,15). The Morgan fingerprint density at radius 3 is 2.38 bits per heavy atom. The average molecular weight is 230 g/mol. The van der Waals surface area contributed by atoms with E-state index in [9.17, 15) is 9.59 Å². The second-order valence-electron chi connectivity index (χ2n) is 3.49. The van der Waals surface area contributed by atoms with Gasteiger partial charge < -0.3 is 20.4 Å². The maximum Gasteiger partial charge on any atom is 0.328 e. The second kappa shape index (κ2) is 6.84. The smallest absolute Gasteiger partial charge is 0.328 e. The first-order valence-corrected chi connectivity index (χ1v) is 4.95. The number of aliphatic hydroxyl groups is 1. The van der Waals surface area contributed by atoms with Gasteiger partial charge in [0.1, 0.15) is 0 Å². The van der Waals surface area contributed by atoms with E-state index in [1.165, 1.54) is 4.90 Å². The predicted octanol–water partition coefficient (Wildman–Crippen LogP) is 0.0395. The number of carbonyl (C=O) groups excluding carboxylic acids is 1. The van der Waals surface area contributed by atoms with Crippen molar-refractivity contribution in [3.8, 4) is 0 Å². The van der Waals surface area contributed by atoms with Gasteiger partial charge in [-0.2, -0.15) is 0 Å². The Bertz CT molecular complexity index is 278. The Labute approximate surface area is 94.6 Å². The molecule has 6 heteroatoms. The molecule has 2 amide bonds. The van der Waals surface area contributed by atoms with Crippen molar-refractivity contribution in [3.63, 3.8) is 0 Å². The van der Waals surface area contributed by atoms with Crippen LogP contribution in [0.1, 0.15) is 13.8 Å². The number of hydrogen-bond acceptors (Lipinski definition) is 3. The third-order valence-corrected chi connectivity index (χ3v) is 1.91. The number of amides is 2. The zero-order valence-corrected chi connectivity index (χ0v) is 9.56. The van der Waals surface area contributed by atoms with Crippen LogP contribution < -0.4 is 5.32 Å². The van der Waals surface area contributed by atoms with Gasteiger partial charge >= 0.3 is 12.0 Å². The molecular formula is C10H18N2O4. The van der Waals surface area contributed by atoms with Crippen LogP contribution in [0.15, 0.2) is 12.2 Å². The van der Waals surface area contributed by atoms with Gasteiger partial charge in [-0.05, 0) is 13.8 Å². The summed E-state index contributed by atoms with van der Waals surface area (Å²) in [5.41, 5.74) is 0.799. The Balaban J connectivity index is 4.40. The van der Waals surface area contributed by atoms with Gasteiger partial charge in [-0.3, -0.25) is 0 Å². The minimum Gasteiger partial charge on any atom is -0.480 e. The number of aliphatic carboxylic acids is 1. The van der Waals surface area contributed by atoms with Gasteiger partial charge in [0.15, 0.2) is 6.04 Å². The Morgan fingerprint density at radius 2 is 2.06 bits per heavy atom. The normalized spacial score (nSPS) is 11.7. The number of aliphatic hydroxyl groups excluding tert-OH is 1. The van der Waals surface area contributed by atoms with Crippen LogP contribution in [0.2, 0.25) is 0 Å². The molecule has 0 saturated heterocycles. The zero-order chi connectivity index (χ0) is 12.7. The summed E-state index contributed by atoms with van der Waals surface area (Å²) >= 11 is 0.